The van der Waals surface area contributed by atoms with Gasteiger partial charge in [-0.25, -0.2) is 4.90 Å². The Labute approximate surface area is 181 Å². The molecule has 31 heavy (non-hydrogen) atoms. The number of carbonyl (C=O) groups is 3. The van der Waals surface area contributed by atoms with E-state index < -0.39 is 6.04 Å². The van der Waals surface area contributed by atoms with Crippen molar-refractivity contribution in [2.24, 2.45) is 5.92 Å². The van der Waals surface area contributed by atoms with Gasteiger partial charge in [0.15, 0.2) is 0 Å². The molecular formula is C24H26N2O5. The summed E-state index contributed by atoms with van der Waals surface area (Å²) in [6.45, 7) is 3.37. The highest BCUT2D eigenvalue weighted by atomic mass is 16.5. The lowest BCUT2D eigenvalue weighted by atomic mass is 9.95. The molecule has 7 nitrogen and oxygen atoms in total. The predicted octanol–water partition coefficient (Wildman–Crippen LogP) is 3.39. The number of rotatable bonds is 6. The summed E-state index contributed by atoms with van der Waals surface area (Å²) in [5, 5.41) is 0. The van der Waals surface area contributed by atoms with Crippen LogP contribution in [0.15, 0.2) is 54.6 Å². The molecule has 162 valence electrons. The molecule has 2 aliphatic rings. The zero-order valence-corrected chi connectivity index (χ0v) is 17.5. The standard InChI is InChI=1S/C24H26N2O5/c1-2-30-24(29)17-12-14-25(15-13-17)21-16-22(27)26(23(21)28)18-8-10-20(11-9-18)31-19-6-4-3-5-7-19/h3-11,17,21H,2,12-16H2,1H3/t21-/m0/s1. The second-order valence-corrected chi connectivity index (χ2v) is 7.76. The number of para-hydroxylation sites is 1. The zero-order chi connectivity index (χ0) is 21.8. The van der Waals surface area contributed by atoms with Gasteiger partial charge in [-0.3, -0.25) is 19.3 Å². The highest BCUT2D eigenvalue weighted by molar-refractivity contribution is 6.22. The number of hydrogen-bond donors (Lipinski definition) is 0. The number of hydrogen-bond acceptors (Lipinski definition) is 6. The normalized spacial score (nSPS) is 20.2. The molecule has 1 atom stereocenters. The van der Waals surface area contributed by atoms with E-state index in [4.69, 9.17) is 9.47 Å². The van der Waals surface area contributed by atoms with Crippen molar-refractivity contribution in [1.82, 2.24) is 4.90 Å². The van der Waals surface area contributed by atoms with E-state index in [9.17, 15) is 14.4 Å². The molecule has 0 saturated carbocycles. The average Bonchev–Trinajstić information content (AvgIpc) is 3.09. The summed E-state index contributed by atoms with van der Waals surface area (Å²) < 4.78 is 10.9. The molecule has 2 amide bonds. The highest BCUT2D eigenvalue weighted by Crippen LogP contribution is 2.31. The van der Waals surface area contributed by atoms with E-state index in [1.807, 2.05) is 35.2 Å². The van der Waals surface area contributed by atoms with Gasteiger partial charge in [0.05, 0.1) is 30.7 Å². The maximum Gasteiger partial charge on any atom is 0.309 e. The number of amides is 2. The van der Waals surface area contributed by atoms with Gasteiger partial charge in [0.1, 0.15) is 11.5 Å². The van der Waals surface area contributed by atoms with Crippen LogP contribution in [-0.4, -0.2) is 48.4 Å². The van der Waals surface area contributed by atoms with Gasteiger partial charge in [0.2, 0.25) is 5.91 Å². The molecule has 0 spiro atoms. The Bertz CT molecular complexity index is 936. The lowest BCUT2D eigenvalue weighted by molar-refractivity contribution is -0.149. The number of esters is 1. The van der Waals surface area contributed by atoms with Gasteiger partial charge in [-0.2, -0.15) is 0 Å². The molecule has 2 heterocycles. The topological polar surface area (TPSA) is 76.2 Å². The zero-order valence-electron chi connectivity index (χ0n) is 17.5. The van der Waals surface area contributed by atoms with Gasteiger partial charge in [-0.1, -0.05) is 18.2 Å². The first kappa shape index (κ1) is 21.1. The van der Waals surface area contributed by atoms with Crippen LogP contribution < -0.4 is 9.64 Å². The quantitative estimate of drug-likeness (QED) is 0.525. The predicted molar refractivity (Wildman–Crippen MR) is 115 cm³/mol. The van der Waals surface area contributed by atoms with E-state index in [1.54, 1.807) is 31.2 Å². The molecule has 0 bridgehead atoms. The minimum atomic E-state index is -0.476. The molecule has 2 aromatic carbocycles. The molecular weight excluding hydrogens is 396 g/mol. The molecule has 0 aliphatic carbocycles. The van der Waals surface area contributed by atoms with Gasteiger partial charge in [-0.05, 0) is 69.3 Å². The minimum Gasteiger partial charge on any atom is -0.466 e. The third-order valence-electron chi connectivity index (χ3n) is 5.79. The SMILES string of the molecule is CCOC(=O)C1CCN([C@H]2CC(=O)N(c3ccc(Oc4ccccc4)cc3)C2=O)CC1. The fourth-order valence-corrected chi connectivity index (χ4v) is 4.17. The number of carbonyl (C=O) groups excluding carboxylic acids is 3. The van der Waals surface area contributed by atoms with Gasteiger partial charge < -0.3 is 9.47 Å². The van der Waals surface area contributed by atoms with Crippen LogP contribution in [0, 0.1) is 5.92 Å². The Morgan fingerprint density at radius 3 is 2.26 bits per heavy atom. The maximum absolute atomic E-state index is 13.1. The van der Waals surface area contributed by atoms with Crippen molar-refractivity contribution < 1.29 is 23.9 Å². The summed E-state index contributed by atoms with van der Waals surface area (Å²) in [7, 11) is 0. The third-order valence-corrected chi connectivity index (χ3v) is 5.79. The molecule has 0 unspecified atom stereocenters. The number of imide groups is 1. The summed E-state index contributed by atoms with van der Waals surface area (Å²) in [5.74, 6) is 0.629. The molecule has 0 aromatic heterocycles. The van der Waals surface area contributed by atoms with Crippen LogP contribution in [0.4, 0.5) is 5.69 Å². The van der Waals surface area contributed by atoms with Crippen LogP contribution in [0.3, 0.4) is 0 Å². The van der Waals surface area contributed by atoms with Crippen molar-refractivity contribution in [2.75, 3.05) is 24.6 Å². The average molecular weight is 422 g/mol. The van der Waals surface area contributed by atoms with Crippen LogP contribution in [0.5, 0.6) is 11.5 Å². The van der Waals surface area contributed by atoms with E-state index in [-0.39, 0.29) is 30.1 Å². The highest BCUT2D eigenvalue weighted by Gasteiger charge is 2.44. The molecule has 4 rings (SSSR count). The van der Waals surface area contributed by atoms with Crippen LogP contribution in [-0.2, 0) is 19.1 Å². The Kier molecular flexibility index (Phi) is 6.32. The third kappa shape index (κ3) is 4.61. The fraction of sp³-hybridized carbons (Fsp3) is 0.375. The number of nitrogens with zero attached hydrogens (tertiary/aromatic N) is 2. The summed E-state index contributed by atoms with van der Waals surface area (Å²) in [6, 6.07) is 15.9. The molecule has 2 saturated heterocycles. The number of anilines is 1. The lowest BCUT2D eigenvalue weighted by Crippen LogP contribution is -2.47. The number of likely N-dealkylation sites (tertiary alicyclic amines) is 1. The Morgan fingerprint density at radius 2 is 1.61 bits per heavy atom. The number of ether oxygens (including phenoxy) is 2. The van der Waals surface area contributed by atoms with E-state index >= 15 is 0 Å². The molecule has 2 fully saturated rings. The first-order chi connectivity index (χ1) is 15.1. The van der Waals surface area contributed by atoms with Gasteiger partial charge in [0, 0.05) is 0 Å². The van der Waals surface area contributed by atoms with Crippen molar-refractivity contribution in [3.63, 3.8) is 0 Å². The van der Waals surface area contributed by atoms with Crippen molar-refractivity contribution in [2.45, 2.75) is 32.2 Å². The second-order valence-electron chi connectivity index (χ2n) is 7.76. The molecule has 2 aromatic rings. The Morgan fingerprint density at radius 1 is 0.968 bits per heavy atom. The van der Waals surface area contributed by atoms with Crippen LogP contribution >= 0.6 is 0 Å². The fourth-order valence-electron chi connectivity index (χ4n) is 4.17. The van der Waals surface area contributed by atoms with Crippen molar-refractivity contribution in [3.05, 3.63) is 54.6 Å². The lowest BCUT2D eigenvalue weighted by Gasteiger charge is -2.33. The van der Waals surface area contributed by atoms with Crippen LogP contribution in [0.25, 0.3) is 0 Å². The van der Waals surface area contributed by atoms with Crippen molar-refractivity contribution in [1.29, 1.82) is 0 Å². The maximum atomic E-state index is 13.1. The van der Waals surface area contributed by atoms with Gasteiger partial charge in [0.25, 0.3) is 5.91 Å². The van der Waals surface area contributed by atoms with Crippen LogP contribution in [0.1, 0.15) is 26.2 Å². The number of piperidine rings is 1. The first-order valence-electron chi connectivity index (χ1n) is 10.7. The summed E-state index contributed by atoms with van der Waals surface area (Å²) in [6.07, 6.45) is 1.44. The minimum absolute atomic E-state index is 0.128. The monoisotopic (exact) mass is 422 g/mol. The van der Waals surface area contributed by atoms with Gasteiger partial charge >= 0.3 is 5.97 Å². The largest absolute Gasteiger partial charge is 0.466 e. The Balaban J connectivity index is 1.39. The van der Waals surface area contributed by atoms with E-state index in [0.29, 0.717) is 44.0 Å². The summed E-state index contributed by atoms with van der Waals surface area (Å²) in [4.78, 5) is 40.9. The molecule has 7 heteroatoms. The second kappa shape index (κ2) is 9.31. The smallest absolute Gasteiger partial charge is 0.309 e. The van der Waals surface area contributed by atoms with E-state index in [1.165, 1.54) is 4.90 Å². The number of benzene rings is 2. The first-order valence-corrected chi connectivity index (χ1v) is 10.7. The molecule has 2 aliphatic heterocycles. The van der Waals surface area contributed by atoms with E-state index in [2.05, 4.69) is 0 Å². The summed E-state index contributed by atoms with van der Waals surface area (Å²) >= 11 is 0. The van der Waals surface area contributed by atoms with Gasteiger partial charge in [-0.15, -0.1) is 0 Å². The summed E-state index contributed by atoms with van der Waals surface area (Å²) in [5.41, 5.74) is 0.541. The van der Waals surface area contributed by atoms with Crippen molar-refractivity contribution in [3.8, 4) is 11.5 Å². The van der Waals surface area contributed by atoms with Crippen LogP contribution in [0.2, 0.25) is 0 Å². The molecule has 0 N–H and O–H groups in total. The van der Waals surface area contributed by atoms with Crippen molar-refractivity contribution >= 4 is 23.5 Å². The molecule has 0 radical (unpaired) electrons. The van der Waals surface area contributed by atoms with E-state index in [0.717, 1.165) is 5.75 Å². The Hall–Kier alpha value is -3.19.